The van der Waals surface area contributed by atoms with E-state index in [4.69, 9.17) is 0 Å². The summed E-state index contributed by atoms with van der Waals surface area (Å²) in [6, 6.07) is 49.7. The molecule has 7 rings (SSSR count). The molecule has 196 valence electrons. The summed E-state index contributed by atoms with van der Waals surface area (Å²) >= 11 is 0. The zero-order valence-electron chi connectivity index (χ0n) is 22.9. The van der Waals surface area contributed by atoms with E-state index in [1.165, 1.54) is 47.7 Å². The molecule has 1 aliphatic carbocycles. The molecule has 0 bridgehead atoms. The van der Waals surface area contributed by atoms with E-state index in [2.05, 4.69) is 170 Å². The van der Waals surface area contributed by atoms with Crippen LogP contribution in [0, 0.1) is 13.8 Å². The minimum atomic E-state index is -1.74. The minimum Gasteiger partial charge on any atom is -0.333 e. The molecule has 0 N–H and O–H groups in total. The molecular formula is C38H33NS. The quantitative estimate of drug-likeness (QED) is 0.216. The summed E-state index contributed by atoms with van der Waals surface area (Å²) in [7, 11) is -1.74. The van der Waals surface area contributed by atoms with Crippen LogP contribution in [0.5, 0.6) is 0 Å². The van der Waals surface area contributed by atoms with Crippen molar-refractivity contribution in [1.82, 2.24) is 0 Å². The Morgan fingerprint density at radius 3 is 1.70 bits per heavy atom. The number of fused-ring (bicyclic) bond motifs is 3. The molecule has 0 radical (unpaired) electrons. The number of allylic oxidation sites excluding steroid dienone is 1. The van der Waals surface area contributed by atoms with Crippen LogP contribution in [-0.4, -0.2) is 6.04 Å². The normalized spacial score (nSPS) is 18.1. The van der Waals surface area contributed by atoms with Crippen LogP contribution in [0.15, 0.2) is 171 Å². The van der Waals surface area contributed by atoms with E-state index in [9.17, 15) is 0 Å². The summed E-state index contributed by atoms with van der Waals surface area (Å²) in [5.41, 5.74) is 6.50. The number of hydrogen-bond acceptors (Lipinski definition) is 1. The lowest BCUT2D eigenvalue weighted by molar-refractivity contribution is 0.743. The Labute approximate surface area is 239 Å². The molecule has 1 nitrogen and oxygen atoms in total. The molecule has 5 aromatic carbocycles. The third-order valence-electron chi connectivity index (χ3n) is 8.26. The number of para-hydroxylation sites is 2. The Balaban J connectivity index is 1.48. The lowest BCUT2D eigenvalue weighted by Gasteiger charge is -2.44. The third kappa shape index (κ3) is 3.94. The second-order valence-corrected chi connectivity index (χ2v) is 13.9. The van der Waals surface area contributed by atoms with Crippen LogP contribution in [0.3, 0.4) is 0 Å². The van der Waals surface area contributed by atoms with Crippen molar-refractivity contribution in [3.05, 3.63) is 173 Å². The van der Waals surface area contributed by atoms with Crippen molar-refractivity contribution in [3.63, 3.8) is 0 Å². The van der Waals surface area contributed by atoms with Gasteiger partial charge < -0.3 is 4.90 Å². The fourth-order valence-electron chi connectivity index (χ4n) is 6.34. The van der Waals surface area contributed by atoms with E-state index < -0.39 is 10.0 Å². The van der Waals surface area contributed by atoms with E-state index >= 15 is 0 Å². The Kier molecular flexibility index (Phi) is 6.21. The predicted molar refractivity (Wildman–Crippen MR) is 170 cm³/mol. The number of nitrogens with zero attached hydrogens (tertiary/aromatic N) is 1. The first-order valence-electron chi connectivity index (χ1n) is 14.0. The number of aryl methyl sites for hydroxylation is 2. The summed E-state index contributed by atoms with van der Waals surface area (Å²) in [6.07, 6.45) is 7.49. The van der Waals surface area contributed by atoms with Gasteiger partial charge >= 0.3 is 0 Å². The maximum absolute atomic E-state index is 2.59. The average molecular weight is 536 g/mol. The molecule has 40 heavy (non-hydrogen) atoms. The van der Waals surface area contributed by atoms with E-state index in [1.807, 2.05) is 0 Å². The van der Waals surface area contributed by atoms with Gasteiger partial charge in [0.25, 0.3) is 0 Å². The monoisotopic (exact) mass is 535 g/mol. The van der Waals surface area contributed by atoms with Crippen molar-refractivity contribution in [3.8, 4) is 0 Å². The highest BCUT2D eigenvalue weighted by Crippen LogP contribution is 2.74. The maximum atomic E-state index is 2.59. The maximum Gasteiger partial charge on any atom is 0.0630 e. The summed E-state index contributed by atoms with van der Waals surface area (Å²) in [6.45, 7) is 4.35. The highest BCUT2D eigenvalue weighted by Gasteiger charge is 2.42. The van der Waals surface area contributed by atoms with Crippen molar-refractivity contribution < 1.29 is 0 Å². The molecule has 0 saturated carbocycles. The second kappa shape index (κ2) is 10.0. The standard InChI is InChI=1S/C38H33NS/c1-28-17-21-32(22-18-28)40(31-13-7-4-8-14-31,33-23-19-29(2)20-24-33)34-25-26-38-36(27-34)35-15-9-10-16-37(35)39(38)30-11-5-3-6-12-30/h3-27,36,38H,1-2H3. The van der Waals surface area contributed by atoms with Gasteiger partial charge in [-0.15, -0.1) is 10.0 Å². The molecule has 0 spiro atoms. The molecule has 1 heterocycles. The van der Waals surface area contributed by atoms with Gasteiger partial charge in [-0.25, -0.2) is 0 Å². The van der Waals surface area contributed by atoms with E-state index in [0.29, 0.717) is 0 Å². The van der Waals surface area contributed by atoms with Gasteiger partial charge in [0.1, 0.15) is 0 Å². The van der Waals surface area contributed by atoms with Gasteiger partial charge in [-0.2, -0.15) is 0 Å². The van der Waals surface area contributed by atoms with Crippen LogP contribution >= 0.6 is 10.0 Å². The van der Waals surface area contributed by atoms with Crippen molar-refractivity contribution in [2.24, 2.45) is 0 Å². The Bertz CT molecular complexity index is 1650. The SMILES string of the molecule is Cc1ccc(S(C2=CC3c4ccccc4N(c4ccccc4)C3C=C2)(c2ccccc2)c2ccc(C)cc2)cc1. The second-order valence-electron chi connectivity index (χ2n) is 10.8. The van der Waals surface area contributed by atoms with Gasteiger partial charge in [-0.05, 0) is 78.9 Å². The first kappa shape index (κ1) is 24.7. The van der Waals surface area contributed by atoms with Gasteiger partial charge in [0, 0.05) is 32.0 Å². The molecular weight excluding hydrogens is 502 g/mol. The van der Waals surface area contributed by atoms with Gasteiger partial charge in [0.15, 0.2) is 0 Å². The Morgan fingerprint density at radius 2 is 1.07 bits per heavy atom. The topological polar surface area (TPSA) is 3.24 Å². The highest BCUT2D eigenvalue weighted by atomic mass is 32.3. The first-order chi connectivity index (χ1) is 19.7. The minimum absolute atomic E-state index is 0.243. The number of rotatable bonds is 5. The van der Waals surface area contributed by atoms with Gasteiger partial charge in [0.2, 0.25) is 0 Å². The summed E-state index contributed by atoms with van der Waals surface area (Å²) in [4.78, 5) is 8.02. The molecule has 5 aromatic rings. The van der Waals surface area contributed by atoms with Crippen LogP contribution in [-0.2, 0) is 0 Å². The largest absolute Gasteiger partial charge is 0.333 e. The van der Waals surface area contributed by atoms with Crippen LogP contribution in [0.4, 0.5) is 11.4 Å². The van der Waals surface area contributed by atoms with Gasteiger partial charge in [-0.1, -0.05) is 108 Å². The number of benzene rings is 5. The van der Waals surface area contributed by atoms with E-state index in [-0.39, 0.29) is 12.0 Å². The molecule has 0 fully saturated rings. The van der Waals surface area contributed by atoms with Crippen LogP contribution in [0.2, 0.25) is 0 Å². The first-order valence-corrected chi connectivity index (χ1v) is 15.6. The number of anilines is 2. The fourth-order valence-corrected chi connectivity index (χ4v) is 10.3. The Morgan fingerprint density at radius 1 is 0.550 bits per heavy atom. The van der Waals surface area contributed by atoms with Crippen molar-refractivity contribution in [2.75, 3.05) is 4.90 Å². The average Bonchev–Trinajstić information content (AvgIpc) is 3.34. The van der Waals surface area contributed by atoms with E-state index in [1.54, 1.807) is 0 Å². The number of hydrogen-bond donors (Lipinski definition) is 0. The van der Waals surface area contributed by atoms with Gasteiger partial charge in [0.05, 0.1) is 6.04 Å². The van der Waals surface area contributed by atoms with Crippen LogP contribution < -0.4 is 4.90 Å². The summed E-state index contributed by atoms with van der Waals surface area (Å²) in [5.74, 6) is 0.267. The lowest BCUT2D eigenvalue weighted by Crippen LogP contribution is -2.29. The smallest absolute Gasteiger partial charge is 0.0630 e. The van der Waals surface area contributed by atoms with Crippen LogP contribution in [0.25, 0.3) is 0 Å². The van der Waals surface area contributed by atoms with Crippen molar-refractivity contribution in [1.29, 1.82) is 0 Å². The zero-order valence-corrected chi connectivity index (χ0v) is 23.8. The fraction of sp³-hybridized carbons (Fsp3) is 0.105. The predicted octanol–water partition coefficient (Wildman–Crippen LogP) is 10.3. The molecule has 0 saturated heterocycles. The lowest BCUT2D eigenvalue weighted by atomic mass is 9.91. The molecule has 2 atom stereocenters. The molecule has 0 amide bonds. The zero-order chi connectivity index (χ0) is 27.1. The Hall–Kier alpha value is -4.27. The van der Waals surface area contributed by atoms with Crippen molar-refractivity contribution >= 4 is 21.4 Å². The van der Waals surface area contributed by atoms with Crippen LogP contribution in [0.1, 0.15) is 22.6 Å². The highest BCUT2D eigenvalue weighted by molar-refractivity contribution is 8.37. The summed E-state index contributed by atoms with van der Waals surface area (Å²) in [5, 5.41) is 0. The van der Waals surface area contributed by atoms with Gasteiger partial charge in [-0.3, -0.25) is 0 Å². The molecule has 0 aromatic heterocycles. The third-order valence-corrected chi connectivity index (χ3v) is 12.2. The summed E-state index contributed by atoms with van der Waals surface area (Å²) < 4.78 is 0. The molecule has 2 aliphatic rings. The van der Waals surface area contributed by atoms with E-state index in [0.717, 1.165) is 0 Å². The molecule has 1 aliphatic heterocycles. The molecule has 2 unspecified atom stereocenters. The van der Waals surface area contributed by atoms with Crippen molar-refractivity contribution in [2.45, 2.75) is 40.5 Å². The molecule has 2 heteroatoms.